The topological polar surface area (TPSA) is 27.1 Å². The van der Waals surface area contributed by atoms with Crippen molar-refractivity contribution in [2.75, 3.05) is 13.6 Å². The second-order valence-corrected chi connectivity index (χ2v) is 3.97. The molecule has 0 aromatic carbocycles. The fraction of sp³-hybridized carbons (Fsp3) is 0.875. The van der Waals surface area contributed by atoms with Crippen molar-refractivity contribution in [3.63, 3.8) is 0 Å². The fourth-order valence-electron chi connectivity index (χ4n) is 1.46. The van der Waals surface area contributed by atoms with Gasteiger partial charge in [-0.05, 0) is 11.8 Å². The lowest BCUT2D eigenvalue weighted by molar-refractivity contribution is 0.229. The molecule has 2 nitrogen and oxygen atoms in total. The van der Waals surface area contributed by atoms with E-state index in [1.54, 1.807) is 0 Å². The number of nitrogens with one attached hydrogen (secondary N) is 1. The van der Waals surface area contributed by atoms with E-state index in [9.17, 15) is 0 Å². The van der Waals surface area contributed by atoms with Crippen molar-refractivity contribution in [2.24, 2.45) is 5.41 Å². The molecule has 58 valence electrons. The molecule has 0 aromatic rings. The maximum absolute atomic E-state index is 7.50. The molecule has 0 spiro atoms. The van der Waals surface area contributed by atoms with Crippen LogP contribution in [0.3, 0.4) is 0 Å². The van der Waals surface area contributed by atoms with Gasteiger partial charge in [0.2, 0.25) is 0 Å². The van der Waals surface area contributed by atoms with Crippen molar-refractivity contribution in [1.82, 2.24) is 4.90 Å². The maximum Gasteiger partial charge on any atom is 0.0955 e. The molecule has 0 amide bonds. The Labute approximate surface area is 62.7 Å². The van der Waals surface area contributed by atoms with E-state index in [0.29, 0.717) is 5.41 Å². The highest BCUT2D eigenvalue weighted by atomic mass is 15.1. The van der Waals surface area contributed by atoms with Gasteiger partial charge in [-0.3, -0.25) is 5.41 Å². The van der Waals surface area contributed by atoms with E-state index in [-0.39, 0.29) is 0 Å². The molecule has 2 heteroatoms. The predicted octanol–water partition coefficient (Wildman–Crippen LogP) is 1.72. The molecule has 1 N–H and O–H groups in total. The van der Waals surface area contributed by atoms with Crippen LogP contribution in [-0.2, 0) is 0 Å². The van der Waals surface area contributed by atoms with Gasteiger partial charge in [0.25, 0.3) is 0 Å². The van der Waals surface area contributed by atoms with Gasteiger partial charge in [-0.25, -0.2) is 0 Å². The van der Waals surface area contributed by atoms with Gasteiger partial charge in [0.1, 0.15) is 0 Å². The third kappa shape index (κ3) is 1.49. The van der Waals surface area contributed by atoms with Gasteiger partial charge in [0, 0.05) is 20.0 Å². The lowest BCUT2D eigenvalue weighted by Gasteiger charge is -2.37. The molecule has 1 saturated heterocycles. The third-order valence-electron chi connectivity index (χ3n) is 2.16. The average molecular weight is 140 g/mol. The molecule has 1 fully saturated rings. The highest BCUT2D eigenvalue weighted by Crippen LogP contribution is 2.27. The Bertz CT molecular complexity index is 149. The zero-order valence-electron chi connectivity index (χ0n) is 7.07. The minimum atomic E-state index is 0.416. The fourth-order valence-corrected chi connectivity index (χ4v) is 1.46. The van der Waals surface area contributed by atoms with Crippen molar-refractivity contribution < 1.29 is 0 Å². The van der Waals surface area contributed by atoms with Gasteiger partial charge in [-0.15, -0.1) is 0 Å². The Kier molecular flexibility index (Phi) is 1.71. The Morgan fingerprint density at radius 3 is 2.50 bits per heavy atom. The van der Waals surface area contributed by atoms with Crippen LogP contribution in [0.25, 0.3) is 0 Å². The van der Waals surface area contributed by atoms with Crippen LogP contribution in [0.2, 0.25) is 0 Å². The van der Waals surface area contributed by atoms with Crippen molar-refractivity contribution in [3.05, 3.63) is 0 Å². The van der Waals surface area contributed by atoms with E-state index >= 15 is 0 Å². The monoisotopic (exact) mass is 140 g/mol. The molecule has 1 heterocycles. The summed E-state index contributed by atoms with van der Waals surface area (Å²) < 4.78 is 0. The molecule has 10 heavy (non-hydrogen) atoms. The van der Waals surface area contributed by atoms with Crippen molar-refractivity contribution in [1.29, 1.82) is 5.41 Å². The maximum atomic E-state index is 7.50. The first-order valence-corrected chi connectivity index (χ1v) is 3.80. The Balaban J connectivity index is 2.57. The van der Waals surface area contributed by atoms with E-state index in [2.05, 4.69) is 13.8 Å². The van der Waals surface area contributed by atoms with E-state index in [1.807, 2.05) is 11.9 Å². The third-order valence-corrected chi connectivity index (χ3v) is 2.16. The Morgan fingerprint density at radius 2 is 2.10 bits per heavy atom. The van der Waals surface area contributed by atoms with E-state index in [1.165, 1.54) is 0 Å². The van der Waals surface area contributed by atoms with Crippen LogP contribution in [-0.4, -0.2) is 24.3 Å². The molecule has 0 aliphatic carbocycles. The normalized spacial score (nSPS) is 25.1. The Morgan fingerprint density at radius 1 is 1.50 bits per heavy atom. The van der Waals surface area contributed by atoms with Crippen molar-refractivity contribution in [3.8, 4) is 0 Å². The summed E-state index contributed by atoms with van der Waals surface area (Å²) in [4.78, 5) is 2.05. The summed E-state index contributed by atoms with van der Waals surface area (Å²) in [5.41, 5.74) is 0.416. The molecular weight excluding hydrogens is 124 g/mol. The highest BCUT2D eigenvalue weighted by Gasteiger charge is 2.26. The van der Waals surface area contributed by atoms with Crippen LogP contribution in [0.1, 0.15) is 26.7 Å². The van der Waals surface area contributed by atoms with Crippen LogP contribution < -0.4 is 0 Å². The number of nitrogens with zero attached hydrogens (tertiary/aromatic N) is 1. The lowest BCUT2D eigenvalue weighted by Crippen LogP contribution is -2.40. The molecule has 0 aromatic heterocycles. The standard InChI is InChI=1S/C8H16N2/c1-8(2)5-4-7(9)10(3)6-8/h9H,4-6H2,1-3H3. The molecule has 0 radical (unpaired) electrons. The first-order valence-electron chi connectivity index (χ1n) is 3.80. The number of rotatable bonds is 0. The molecule has 0 bridgehead atoms. The summed E-state index contributed by atoms with van der Waals surface area (Å²) >= 11 is 0. The SMILES string of the molecule is CN1CC(C)(C)CCC1=N. The minimum Gasteiger partial charge on any atom is -0.363 e. The number of piperidine rings is 1. The Hall–Kier alpha value is -0.530. The second-order valence-electron chi connectivity index (χ2n) is 3.97. The van der Waals surface area contributed by atoms with E-state index < -0.39 is 0 Å². The molecule has 0 atom stereocenters. The largest absolute Gasteiger partial charge is 0.363 e. The molecule has 0 unspecified atom stereocenters. The number of likely N-dealkylation sites (tertiary alicyclic amines) is 1. The summed E-state index contributed by atoms with van der Waals surface area (Å²) in [7, 11) is 2.00. The van der Waals surface area contributed by atoms with E-state index in [4.69, 9.17) is 5.41 Å². The molecular formula is C8H16N2. The highest BCUT2D eigenvalue weighted by molar-refractivity contribution is 5.79. The predicted molar refractivity (Wildman–Crippen MR) is 43.4 cm³/mol. The summed E-state index contributed by atoms with van der Waals surface area (Å²) in [5, 5.41) is 7.50. The van der Waals surface area contributed by atoms with E-state index in [0.717, 1.165) is 25.2 Å². The van der Waals surface area contributed by atoms with Gasteiger partial charge in [0.15, 0.2) is 0 Å². The molecule has 1 rings (SSSR count). The zero-order chi connectivity index (χ0) is 7.78. The van der Waals surface area contributed by atoms with Crippen LogP contribution in [0, 0.1) is 10.8 Å². The number of hydrogen-bond donors (Lipinski definition) is 1. The zero-order valence-corrected chi connectivity index (χ0v) is 7.07. The second kappa shape index (κ2) is 2.26. The average Bonchev–Trinajstić information content (AvgIpc) is 1.79. The van der Waals surface area contributed by atoms with Crippen LogP contribution >= 0.6 is 0 Å². The lowest BCUT2D eigenvalue weighted by atomic mass is 9.84. The summed E-state index contributed by atoms with van der Waals surface area (Å²) in [5.74, 6) is 0.791. The van der Waals surface area contributed by atoms with Crippen molar-refractivity contribution >= 4 is 5.84 Å². The smallest absolute Gasteiger partial charge is 0.0955 e. The molecule has 0 saturated carbocycles. The summed E-state index contributed by atoms with van der Waals surface area (Å²) in [6, 6.07) is 0. The first-order chi connectivity index (χ1) is 4.51. The van der Waals surface area contributed by atoms with Gasteiger partial charge in [-0.2, -0.15) is 0 Å². The minimum absolute atomic E-state index is 0.416. The number of hydrogen-bond acceptors (Lipinski definition) is 1. The molecule has 1 aliphatic heterocycles. The number of amidine groups is 1. The van der Waals surface area contributed by atoms with Gasteiger partial charge >= 0.3 is 0 Å². The van der Waals surface area contributed by atoms with Crippen LogP contribution in [0.5, 0.6) is 0 Å². The van der Waals surface area contributed by atoms with Gasteiger partial charge in [-0.1, -0.05) is 13.8 Å². The summed E-state index contributed by atoms with van der Waals surface area (Å²) in [6.07, 6.45) is 2.11. The molecule has 1 aliphatic rings. The quantitative estimate of drug-likeness (QED) is 0.545. The van der Waals surface area contributed by atoms with Crippen LogP contribution in [0.15, 0.2) is 0 Å². The van der Waals surface area contributed by atoms with Gasteiger partial charge in [0.05, 0.1) is 5.84 Å². The summed E-state index contributed by atoms with van der Waals surface area (Å²) in [6.45, 7) is 5.55. The van der Waals surface area contributed by atoms with Crippen LogP contribution in [0.4, 0.5) is 0 Å². The van der Waals surface area contributed by atoms with Crippen molar-refractivity contribution in [2.45, 2.75) is 26.7 Å². The first kappa shape index (κ1) is 7.58. The van der Waals surface area contributed by atoms with Gasteiger partial charge < -0.3 is 4.90 Å².